The SMILES string of the molecule is CC(=O)c1cc(Cl)cc(CN2CCOC(C)C2)c1O. The van der Waals surface area contributed by atoms with Gasteiger partial charge in [-0.1, -0.05) is 11.6 Å². The summed E-state index contributed by atoms with van der Waals surface area (Å²) in [5.74, 6) is -0.146. The number of Topliss-reactive ketones (excluding diaryl/α,β-unsaturated/α-hetero) is 1. The van der Waals surface area contributed by atoms with Crippen molar-refractivity contribution in [1.82, 2.24) is 4.90 Å². The van der Waals surface area contributed by atoms with Gasteiger partial charge in [-0.2, -0.15) is 0 Å². The number of aromatic hydroxyl groups is 1. The Morgan fingerprint density at radius 2 is 2.32 bits per heavy atom. The summed E-state index contributed by atoms with van der Waals surface area (Å²) in [5, 5.41) is 10.6. The smallest absolute Gasteiger partial charge is 0.163 e. The van der Waals surface area contributed by atoms with E-state index in [0.29, 0.717) is 23.7 Å². The zero-order valence-electron chi connectivity index (χ0n) is 11.1. The van der Waals surface area contributed by atoms with Crippen LogP contribution in [-0.2, 0) is 11.3 Å². The molecule has 2 rings (SSSR count). The average molecular weight is 284 g/mol. The maximum Gasteiger partial charge on any atom is 0.163 e. The molecule has 0 aromatic heterocycles. The summed E-state index contributed by atoms with van der Waals surface area (Å²) in [6, 6.07) is 3.22. The lowest BCUT2D eigenvalue weighted by Gasteiger charge is -2.31. The number of nitrogens with zero attached hydrogens (tertiary/aromatic N) is 1. The molecule has 0 aliphatic carbocycles. The van der Waals surface area contributed by atoms with Gasteiger partial charge in [-0.25, -0.2) is 0 Å². The van der Waals surface area contributed by atoms with Crippen LogP contribution in [-0.4, -0.2) is 41.6 Å². The van der Waals surface area contributed by atoms with Crippen molar-refractivity contribution in [1.29, 1.82) is 0 Å². The number of phenolic OH excluding ortho intramolecular Hbond substituents is 1. The highest BCUT2D eigenvalue weighted by Gasteiger charge is 2.20. The van der Waals surface area contributed by atoms with Crippen LogP contribution in [0.1, 0.15) is 29.8 Å². The van der Waals surface area contributed by atoms with Gasteiger partial charge in [-0.05, 0) is 26.0 Å². The summed E-state index contributed by atoms with van der Waals surface area (Å²) >= 11 is 6.01. The second-order valence-corrected chi connectivity index (χ2v) is 5.37. The van der Waals surface area contributed by atoms with Crippen molar-refractivity contribution in [2.24, 2.45) is 0 Å². The third-order valence-corrected chi connectivity index (χ3v) is 3.47. The maximum atomic E-state index is 11.5. The Balaban J connectivity index is 2.22. The molecule has 1 aliphatic rings. The molecule has 1 atom stereocenters. The van der Waals surface area contributed by atoms with Gasteiger partial charge in [0.25, 0.3) is 0 Å². The van der Waals surface area contributed by atoms with Gasteiger partial charge in [0, 0.05) is 30.2 Å². The molecule has 5 heteroatoms. The van der Waals surface area contributed by atoms with Gasteiger partial charge in [0.15, 0.2) is 5.78 Å². The molecule has 1 aromatic rings. The first-order valence-electron chi connectivity index (χ1n) is 6.33. The first-order valence-corrected chi connectivity index (χ1v) is 6.71. The van der Waals surface area contributed by atoms with Crippen molar-refractivity contribution in [2.45, 2.75) is 26.5 Å². The average Bonchev–Trinajstić information content (AvgIpc) is 2.33. The van der Waals surface area contributed by atoms with E-state index in [1.165, 1.54) is 13.0 Å². The number of rotatable bonds is 3. The van der Waals surface area contributed by atoms with E-state index in [1.807, 2.05) is 6.92 Å². The number of hydrogen-bond donors (Lipinski definition) is 1. The largest absolute Gasteiger partial charge is 0.507 e. The molecule has 1 N–H and O–H groups in total. The van der Waals surface area contributed by atoms with E-state index >= 15 is 0 Å². The summed E-state index contributed by atoms with van der Waals surface area (Å²) in [6.07, 6.45) is 0.183. The second-order valence-electron chi connectivity index (χ2n) is 4.93. The van der Waals surface area contributed by atoms with E-state index in [1.54, 1.807) is 6.07 Å². The van der Waals surface area contributed by atoms with Crippen LogP contribution in [0.5, 0.6) is 5.75 Å². The van der Waals surface area contributed by atoms with Crippen LogP contribution in [0.2, 0.25) is 5.02 Å². The monoisotopic (exact) mass is 283 g/mol. The van der Waals surface area contributed by atoms with E-state index in [2.05, 4.69) is 4.90 Å². The molecule has 1 unspecified atom stereocenters. The number of ketones is 1. The van der Waals surface area contributed by atoms with Crippen molar-refractivity contribution in [2.75, 3.05) is 19.7 Å². The minimum Gasteiger partial charge on any atom is -0.507 e. The molecule has 0 spiro atoms. The molecule has 104 valence electrons. The van der Waals surface area contributed by atoms with Gasteiger partial charge < -0.3 is 9.84 Å². The lowest BCUT2D eigenvalue weighted by Crippen LogP contribution is -2.40. The molecule has 1 aliphatic heterocycles. The van der Waals surface area contributed by atoms with Crippen LogP contribution in [0, 0.1) is 0 Å². The zero-order chi connectivity index (χ0) is 14.0. The molecule has 0 bridgehead atoms. The molecule has 0 amide bonds. The molecule has 1 aromatic carbocycles. The molecule has 0 radical (unpaired) electrons. The van der Waals surface area contributed by atoms with Crippen LogP contribution in [0.4, 0.5) is 0 Å². The third kappa shape index (κ3) is 3.47. The number of ether oxygens (including phenoxy) is 1. The number of halogens is 1. The minimum absolute atomic E-state index is 0.0380. The fourth-order valence-corrected chi connectivity index (χ4v) is 2.56. The third-order valence-electron chi connectivity index (χ3n) is 3.25. The molecule has 1 saturated heterocycles. The van der Waals surface area contributed by atoms with E-state index in [0.717, 1.165) is 13.1 Å². The van der Waals surface area contributed by atoms with Gasteiger partial charge >= 0.3 is 0 Å². The highest BCUT2D eigenvalue weighted by atomic mass is 35.5. The van der Waals surface area contributed by atoms with Gasteiger partial charge in [-0.15, -0.1) is 0 Å². The van der Waals surface area contributed by atoms with Crippen molar-refractivity contribution < 1.29 is 14.6 Å². The van der Waals surface area contributed by atoms with E-state index in [9.17, 15) is 9.90 Å². The zero-order valence-corrected chi connectivity index (χ0v) is 11.9. The van der Waals surface area contributed by atoms with Crippen LogP contribution < -0.4 is 0 Å². The highest BCUT2D eigenvalue weighted by Crippen LogP contribution is 2.29. The number of carbonyl (C=O) groups excluding carboxylic acids is 1. The van der Waals surface area contributed by atoms with Crippen LogP contribution in [0.25, 0.3) is 0 Å². The number of phenols is 1. The Hall–Kier alpha value is -1.10. The standard InChI is InChI=1S/C14H18ClNO3/c1-9-7-16(3-4-19-9)8-11-5-12(15)6-13(10(2)17)14(11)18/h5-6,9,18H,3-4,7-8H2,1-2H3. The van der Waals surface area contributed by atoms with E-state index < -0.39 is 0 Å². The summed E-state index contributed by atoms with van der Waals surface area (Å²) in [6.45, 7) is 6.31. The van der Waals surface area contributed by atoms with Gasteiger partial charge in [0.1, 0.15) is 5.75 Å². The molecular weight excluding hydrogens is 266 g/mol. The van der Waals surface area contributed by atoms with E-state index in [-0.39, 0.29) is 23.2 Å². The van der Waals surface area contributed by atoms with Gasteiger partial charge in [0.05, 0.1) is 18.3 Å². The van der Waals surface area contributed by atoms with E-state index in [4.69, 9.17) is 16.3 Å². The van der Waals surface area contributed by atoms with Crippen molar-refractivity contribution in [3.05, 3.63) is 28.3 Å². The maximum absolute atomic E-state index is 11.5. The molecule has 19 heavy (non-hydrogen) atoms. The Morgan fingerprint density at radius 3 is 2.95 bits per heavy atom. The quantitative estimate of drug-likeness (QED) is 0.866. The lowest BCUT2D eigenvalue weighted by atomic mass is 10.0. The Labute approximate surface area is 117 Å². The fraction of sp³-hybridized carbons (Fsp3) is 0.500. The van der Waals surface area contributed by atoms with Crippen LogP contribution in [0.15, 0.2) is 12.1 Å². The van der Waals surface area contributed by atoms with Gasteiger partial charge in [-0.3, -0.25) is 9.69 Å². The van der Waals surface area contributed by atoms with Crippen LogP contribution >= 0.6 is 11.6 Å². The number of benzene rings is 1. The lowest BCUT2D eigenvalue weighted by molar-refractivity contribution is -0.0214. The van der Waals surface area contributed by atoms with Crippen molar-refractivity contribution in [3.63, 3.8) is 0 Å². The summed E-state index contributed by atoms with van der Waals surface area (Å²) in [7, 11) is 0. The van der Waals surface area contributed by atoms with Crippen LogP contribution in [0.3, 0.4) is 0 Å². The molecule has 1 fully saturated rings. The minimum atomic E-state index is -0.184. The highest BCUT2D eigenvalue weighted by molar-refractivity contribution is 6.31. The Morgan fingerprint density at radius 1 is 1.58 bits per heavy atom. The number of carbonyl (C=O) groups is 1. The fourth-order valence-electron chi connectivity index (χ4n) is 2.32. The topological polar surface area (TPSA) is 49.8 Å². The molecule has 1 heterocycles. The summed E-state index contributed by atoms with van der Waals surface area (Å²) in [4.78, 5) is 13.6. The van der Waals surface area contributed by atoms with Gasteiger partial charge in [0.2, 0.25) is 0 Å². The molecule has 0 saturated carbocycles. The van der Waals surface area contributed by atoms with Crippen molar-refractivity contribution >= 4 is 17.4 Å². The summed E-state index contributed by atoms with van der Waals surface area (Å²) < 4.78 is 5.48. The first-order chi connectivity index (χ1) is 8.97. The second kappa shape index (κ2) is 5.90. The Bertz CT molecular complexity index is 490. The summed E-state index contributed by atoms with van der Waals surface area (Å²) in [5.41, 5.74) is 0.968. The normalized spacial score (nSPS) is 20.5. The Kier molecular flexibility index (Phi) is 4.45. The number of hydrogen-bond acceptors (Lipinski definition) is 4. The molecule has 4 nitrogen and oxygen atoms in total. The number of morpholine rings is 1. The predicted molar refractivity (Wildman–Crippen MR) is 73.8 cm³/mol. The first kappa shape index (κ1) is 14.3. The predicted octanol–water partition coefficient (Wildman–Crippen LogP) is 2.47. The van der Waals surface area contributed by atoms with Crippen molar-refractivity contribution in [3.8, 4) is 5.75 Å². The molecular formula is C14H18ClNO3.